The Hall–Kier alpha value is -0.0800. The van der Waals surface area contributed by atoms with E-state index in [1.807, 2.05) is 0 Å². The maximum absolute atomic E-state index is 6.28. The number of hydrogen-bond acceptors (Lipinski definition) is 2. The Morgan fingerprint density at radius 1 is 1.11 bits per heavy atom. The lowest BCUT2D eigenvalue weighted by Gasteiger charge is -2.34. The molecule has 1 N–H and O–H groups in total. The van der Waals surface area contributed by atoms with Crippen LogP contribution < -0.4 is 5.32 Å². The average Bonchev–Trinajstić information content (AvgIpc) is 3.23. The van der Waals surface area contributed by atoms with Crippen molar-refractivity contribution in [1.82, 2.24) is 5.32 Å². The summed E-state index contributed by atoms with van der Waals surface area (Å²) in [6, 6.07) is 0.856. The van der Waals surface area contributed by atoms with E-state index in [4.69, 9.17) is 4.74 Å². The Morgan fingerprint density at radius 3 is 2.42 bits per heavy atom. The Bertz CT molecular complexity index is 350. The Kier molecular flexibility index (Phi) is 2.80. The van der Waals surface area contributed by atoms with Crippen LogP contribution in [0.25, 0.3) is 0 Å². The zero-order chi connectivity index (χ0) is 13.1. The number of hydrogen-bond donors (Lipinski definition) is 1. The van der Waals surface area contributed by atoms with Crippen LogP contribution in [0.2, 0.25) is 0 Å². The molecule has 108 valence electrons. The van der Waals surface area contributed by atoms with Gasteiger partial charge in [-0.15, -0.1) is 0 Å². The van der Waals surface area contributed by atoms with E-state index in [1.165, 1.54) is 57.9 Å². The van der Waals surface area contributed by atoms with E-state index in [0.29, 0.717) is 11.5 Å². The summed E-state index contributed by atoms with van der Waals surface area (Å²) in [6.45, 7) is 5.79. The summed E-state index contributed by atoms with van der Waals surface area (Å²) in [7, 11) is 0. The summed E-state index contributed by atoms with van der Waals surface area (Å²) in [6.07, 6.45) is 11.7. The van der Waals surface area contributed by atoms with Crippen molar-refractivity contribution in [1.29, 1.82) is 0 Å². The van der Waals surface area contributed by atoms with E-state index < -0.39 is 0 Å². The van der Waals surface area contributed by atoms with Crippen molar-refractivity contribution in [3.63, 3.8) is 0 Å². The van der Waals surface area contributed by atoms with Gasteiger partial charge in [-0.05, 0) is 82.5 Å². The quantitative estimate of drug-likeness (QED) is 0.819. The molecule has 1 saturated heterocycles. The van der Waals surface area contributed by atoms with Gasteiger partial charge in [-0.2, -0.15) is 0 Å². The maximum atomic E-state index is 6.28. The SMILES string of the molecule is CC1(C)CCC(CC2(CNC3CC3)CC3CC3C2)O1. The second kappa shape index (κ2) is 4.21. The summed E-state index contributed by atoms with van der Waals surface area (Å²) < 4.78 is 6.28. The highest BCUT2D eigenvalue weighted by Gasteiger charge is 2.54. The van der Waals surface area contributed by atoms with Gasteiger partial charge < -0.3 is 10.1 Å². The van der Waals surface area contributed by atoms with E-state index in [2.05, 4.69) is 19.2 Å². The van der Waals surface area contributed by atoms with Crippen LogP contribution in [0.3, 0.4) is 0 Å². The lowest BCUT2D eigenvalue weighted by atomic mass is 9.77. The van der Waals surface area contributed by atoms with Crippen LogP contribution in [0.4, 0.5) is 0 Å². The lowest BCUT2D eigenvalue weighted by Crippen LogP contribution is -2.37. The molecule has 3 unspecified atom stereocenters. The minimum atomic E-state index is 0.136. The summed E-state index contributed by atoms with van der Waals surface area (Å²) in [5.41, 5.74) is 0.721. The number of fused-ring (bicyclic) bond motifs is 1. The zero-order valence-corrected chi connectivity index (χ0v) is 12.6. The number of rotatable bonds is 5. The molecule has 0 aromatic rings. The second-order valence-corrected chi connectivity index (χ2v) is 8.56. The van der Waals surface area contributed by atoms with Crippen LogP contribution in [-0.2, 0) is 4.74 Å². The fraction of sp³-hybridized carbons (Fsp3) is 1.00. The highest BCUT2D eigenvalue weighted by molar-refractivity contribution is 5.06. The molecule has 0 radical (unpaired) electrons. The molecule has 0 aromatic carbocycles. The average molecular weight is 263 g/mol. The van der Waals surface area contributed by atoms with Crippen molar-refractivity contribution in [2.24, 2.45) is 17.3 Å². The van der Waals surface area contributed by atoms with Gasteiger partial charge >= 0.3 is 0 Å². The molecule has 4 fully saturated rings. The van der Waals surface area contributed by atoms with Crippen LogP contribution in [0.1, 0.15) is 65.2 Å². The largest absolute Gasteiger partial charge is 0.372 e. The predicted molar refractivity (Wildman–Crippen MR) is 77.1 cm³/mol. The van der Waals surface area contributed by atoms with Crippen molar-refractivity contribution in [3.05, 3.63) is 0 Å². The molecule has 0 bridgehead atoms. The van der Waals surface area contributed by atoms with E-state index in [-0.39, 0.29) is 5.60 Å². The third-order valence-electron chi connectivity index (χ3n) is 6.02. The van der Waals surface area contributed by atoms with Crippen molar-refractivity contribution in [2.75, 3.05) is 6.54 Å². The first-order valence-corrected chi connectivity index (χ1v) is 8.45. The summed E-state index contributed by atoms with van der Waals surface area (Å²) in [5, 5.41) is 3.82. The molecule has 0 spiro atoms. The molecular weight excluding hydrogens is 234 g/mol. The summed E-state index contributed by atoms with van der Waals surface area (Å²) >= 11 is 0. The molecule has 2 heteroatoms. The molecule has 3 aliphatic carbocycles. The van der Waals surface area contributed by atoms with Crippen LogP contribution in [-0.4, -0.2) is 24.3 Å². The third-order valence-corrected chi connectivity index (χ3v) is 6.02. The van der Waals surface area contributed by atoms with Gasteiger partial charge in [0.1, 0.15) is 0 Å². The van der Waals surface area contributed by atoms with Crippen LogP contribution in [0.5, 0.6) is 0 Å². The van der Waals surface area contributed by atoms with E-state index in [1.54, 1.807) is 0 Å². The monoisotopic (exact) mass is 263 g/mol. The fourth-order valence-corrected chi connectivity index (χ4v) is 4.74. The zero-order valence-electron chi connectivity index (χ0n) is 12.6. The smallest absolute Gasteiger partial charge is 0.0631 e. The minimum absolute atomic E-state index is 0.136. The van der Waals surface area contributed by atoms with E-state index in [9.17, 15) is 0 Å². The van der Waals surface area contributed by atoms with Gasteiger partial charge in [0, 0.05) is 12.6 Å². The van der Waals surface area contributed by atoms with Gasteiger partial charge in [-0.1, -0.05) is 0 Å². The van der Waals surface area contributed by atoms with Crippen molar-refractivity contribution in [3.8, 4) is 0 Å². The molecule has 1 heterocycles. The third kappa shape index (κ3) is 2.71. The first-order chi connectivity index (χ1) is 9.04. The van der Waals surface area contributed by atoms with E-state index in [0.717, 1.165) is 17.9 Å². The van der Waals surface area contributed by atoms with Gasteiger partial charge in [0.05, 0.1) is 11.7 Å². The standard InChI is InChI=1S/C17H29NO/c1-16(2)6-5-15(19-16)10-17(11-18-14-3-4-14)8-12-7-13(12)9-17/h12-15,18H,3-11H2,1-2H3. The van der Waals surface area contributed by atoms with Crippen LogP contribution >= 0.6 is 0 Å². The fourth-order valence-electron chi connectivity index (χ4n) is 4.74. The van der Waals surface area contributed by atoms with E-state index >= 15 is 0 Å². The van der Waals surface area contributed by atoms with Crippen molar-refractivity contribution in [2.45, 2.75) is 83.0 Å². The van der Waals surface area contributed by atoms with Gasteiger partial charge in [-0.25, -0.2) is 0 Å². The van der Waals surface area contributed by atoms with Crippen molar-refractivity contribution < 1.29 is 4.74 Å². The Balaban J connectivity index is 1.39. The topological polar surface area (TPSA) is 21.3 Å². The predicted octanol–water partition coefficient (Wildman–Crippen LogP) is 3.50. The molecule has 4 rings (SSSR count). The highest BCUT2D eigenvalue weighted by atomic mass is 16.5. The first kappa shape index (κ1) is 12.6. The molecular formula is C17H29NO. The van der Waals surface area contributed by atoms with Crippen LogP contribution in [0, 0.1) is 17.3 Å². The number of ether oxygens (including phenoxy) is 1. The molecule has 3 atom stereocenters. The summed E-state index contributed by atoms with van der Waals surface area (Å²) in [4.78, 5) is 0. The Morgan fingerprint density at radius 2 is 1.84 bits per heavy atom. The van der Waals surface area contributed by atoms with Crippen molar-refractivity contribution >= 4 is 0 Å². The molecule has 0 aromatic heterocycles. The molecule has 1 aliphatic heterocycles. The molecule has 4 aliphatic rings. The maximum Gasteiger partial charge on any atom is 0.0631 e. The lowest BCUT2D eigenvalue weighted by molar-refractivity contribution is -0.0366. The molecule has 2 nitrogen and oxygen atoms in total. The first-order valence-electron chi connectivity index (χ1n) is 8.45. The van der Waals surface area contributed by atoms with Gasteiger partial charge in [-0.3, -0.25) is 0 Å². The molecule has 3 saturated carbocycles. The van der Waals surface area contributed by atoms with Gasteiger partial charge in [0.25, 0.3) is 0 Å². The summed E-state index contributed by atoms with van der Waals surface area (Å²) in [5.74, 6) is 2.16. The normalized spacial score (nSPS) is 47.4. The minimum Gasteiger partial charge on any atom is -0.372 e. The molecule has 0 amide bonds. The molecule has 19 heavy (non-hydrogen) atoms. The van der Waals surface area contributed by atoms with Gasteiger partial charge in [0.15, 0.2) is 0 Å². The highest BCUT2D eigenvalue weighted by Crippen LogP contribution is 2.61. The Labute approximate surface area is 117 Å². The second-order valence-electron chi connectivity index (χ2n) is 8.56. The number of nitrogens with one attached hydrogen (secondary N) is 1. The van der Waals surface area contributed by atoms with Crippen LogP contribution in [0.15, 0.2) is 0 Å². The van der Waals surface area contributed by atoms with Gasteiger partial charge in [0.2, 0.25) is 0 Å².